The van der Waals surface area contributed by atoms with Gasteiger partial charge in [0.25, 0.3) is 5.91 Å². The van der Waals surface area contributed by atoms with Crippen LogP contribution in [0.2, 0.25) is 0 Å². The molecular formula is C29H30N2O5S. The molecule has 0 aromatic heterocycles. The minimum absolute atomic E-state index is 0.132. The summed E-state index contributed by atoms with van der Waals surface area (Å²) in [6.07, 6.45) is 1.36. The first-order chi connectivity index (χ1) is 17.7. The van der Waals surface area contributed by atoms with Crippen LogP contribution in [0.3, 0.4) is 0 Å². The number of sulfone groups is 1. The molecule has 1 heterocycles. The second kappa shape index (κ2) is 11.5. The van der Waals surface area contributed by atoms with E-state index in [9.17, 15) is 22.8 Å². The number of ketones is 1. The van der Waals surface area contributed by atoms with E-state index in [0.717, 1.165) is 24.0 Å². The van der Waals surface area contributed by atoms with Crippen molar-refractivity contribution in [3.05, 3.63) is 95.6 Å². The number of hydrogen-bond acceptors (Lipinski definition) is 5. The van der Waals surface area contributed by atoms with Crippen LogP contribution in [0.15, 0.2) is 83.8 Å². The largest absolute Gasteiger partial charge is 0.336 e. The highest BCUT2D eigenvalue weighted by molar-refractivity contribution is 7.91. The van der Waals surface area contributed by atoms with Gasteiger partial charge in [0.05, 0.1) is 10.6 Å². The van der Waals surface area contributed by atoms with Crippen LogP contribution in [0.1, 0.15) is 46.7 Å². The number of anilines is 1. The highest BCUT2D eigenvalue weighted by atomic mass is 32.2. The van der Waals surface area contributed by atoms with Crippen molar-refractivity contribution >= 4 is 33.1 Å². The zero-order valence-corrected chi connectivity index (χ0v) is 21.5. The summed E-state index contributed by atoms with van der Waals surface area (Å²) in [5.74, 6) is -1.31. The van der Waals surface area contributed by atoms with E-state index in [2.05, 4.69) is 5.32 Å². The molecule has 37 heavy (non-hydrogen) atoms. The first kappa shape index (κ1) is 26.3. The summed E-state index contributed by atoms with van der Waals surface area (Å²) in [5.41, 5.74) is 3.14. The summed E-state index contributed by atoms with van der Waals surface area (Å²) in [5, 5.41) is 2.76. The number of hydrogen-bond donors (Lipinski definition) is 1. The van der Waals surface area contributed by atoms with E-state index in [-0.39, 0.29) is 28.9 Å². The number of rotatable bonds is 8. The molecule has 0 bridgehead atoms. The summed E-state index contributed by atoms with van der Waals surface area (Å²) >= 11 is 0. The number of carbonyl (C=O) groups excluding carboxylic acids is 3. The van der Waals surface area contributed by atoms with Gasteiger partial charge in [-0.25, -0.2) is 8.42 Å². The molecular weight excluding hydrogens is 488 g/mol. The monoisotopic (exact) mass is 518 g/mol. The number of nitrogens with one attached hydrogen (secondary N) is 1. The fourth-order valence-electron chi connectivity index (χ4n) is 4.42. The maximum absolute atomic E-state index is 12.7. The van der Waals surface area contributed by atoms with Crippen LogP contribution in [0, 0.1) is 6.92 Å². The van der Waals surface area contributed by atoms with Gasteiger partial charge in [0.15, 0.2) is 9.84 Å². The molecule has 1 aliphatic heterocycles. The Labute approximate surface area is 217 Å². The van der Waals surface area contributed by atoms with E-state index in [4.69, 9.17) is 0 Å². The SMILES string of the molecule is Cc1ccc(C(=O)C(=O)N2CCC(c3ccc(NC(=O)CCS(=O)(=O)c4ccccc4)cc3)CC2)cc1. The predicted molar refractivity (Wildman–Crippen MR) is 142 cm³/mol. The Morgan fingerprint density at radius 3 is 2.11 bits per heavy atom. The Morgan fingerprint density at radius 1 is 0.865 bits per heavy atom. The van der Waals surface area contributed by atoms with Gasteiger partial charge in [-0.2, -0.15) is 0 Å². The maximum Gasteiger partial charge on any atom is 0.294 e. The smallest absolute Gasteiger partial charge is 0.294 e. The molecule has 1 N–H and O–H groups in total. The minimum Gasteiger partial charge on any atom is -0.336 e. The van der Waals surface area contributed by atoms with E-state index >= 15 is 0 Å². The van der Waals surface area contributed by atoms with Gasteiger partial charge >= 0.3 is 0 Å². The van der Waals surface area contributed by atoms with Crippen molar-refractivity contribution in [2.45, 2.75) is 37.0 Å². The average molecular weight is 519 g/mol. The fourth-order valence-corrected chi connectivity index (χ4v) is 5.68. The van der Waals surface area contributed by atoms with Gasteiger partial charge in [0, 0.05) is 30.8 Å². The second-order valence-corrected chi connectivity index (χ2v) is 11.4. The van der Waals surface area contributed by atoms with Crippen molar-refractivity contribution in [2.24, 2.45) is 0 Å². The number of amides is 2. The lowest BCUT2D eigenvalue weighted by Gasteiger charge is -2.32. The lowest BCUT2D eigenvalue weighted by Crippen LogP contribution is -2.41. The van der Waals surface area contributed by atoms with Gasteiger partial charge in [0.2, 0.25) is 11.7 Å². The summed E-state index contributed by atoms with van der Waals surface area (Å²) in [7, 11) is -3.51. The zero-order valence-electron chi connectivity index (χ0n) is 20.7. The van der Waals surface area contributed by atoms with Crippen molar-refractivity contribution in [3.8, 4) is 0 Å². The second-order valence-electron chi connectivity index (χ2n) is 9.31. The number of nitrogens with zero attached hydrogens (tertiary/aromatic N) is 1. The number of Topliss-reactive ketones (excluding diaryl/α,β-unsaturated/α-hetero) is 1. The van der Waals surface area contributed by atoms with E-state index < -0.39 is 21.5 Å². The Hall–Kier alpha value is -3.78. The molecule has 7 nitrogen and oxygen atoms in total. The normalized spacial score (nSPS) is 14.2. The van der Waals surface area contributed by atoms with Crippen molar-refractivity contribution < 1.29 is 22.8 Å². The molecule has 1 aliphatic rings. The summed E-state index contributed by atoms with van der Waals surface area (Å²) in [6.45, 7) is 2.95. The molecule has 2 amide bonds. The van der Waals surface area contributed by atoms with E-state index in [0.29, 0.717) is 24.3 Å². The maximum atomic E-state index is 12.7. The Kier molecular flexibility index (Phi) is 8.18. The quantitative estimate of drug-likeness (QED) is 0.352. The molecule has 8 heteroatoms. The fraction of sp³-hybridized carbons (Fsp3) is 0.276. The molecule has 0 aliphatic carbocycles. The predicted octanol–water partition coefficient (Wildman–Crippen LogP) is 4.39. The number of likely N-dealkylation sites (tertiary alicyclic amines) is 1. The van der Waals surface area contributed by atoms with Crippen molar-refractivity contribution in [2.75, 3.05) is 24.2 Å². The number of piperidine rings is 1. The minimum atomic E-state index is -3.51. The van der Waals surface area contributed by atoms with E-state index in [1.54, 1.807) is 47.4 Å². The van der Waals surface area contributed by atoms with Crippen LogP contribution < -0.4 is 5.32 Å². The van der Waals surface area contributed by atoms with E-state index in [1.165, 1.54) is 12.1 Å². The van der Waals surface area contributed by atoms with Gasteiger partial charge in [-0.15, -0.1) is 0 Å². The molecule has 1 fully saturated rings. The third-order valence-electron chi connectivity index (χ3n) is 6.66. The standard InChI is InChI=1S/C29H30N2O5S/c1-21-7-9-24(10-8-21)28(33)29(34)31-18-15-23(16-19-31)22-11-13-25(14-12-22)30-27(32)17-20-37(35,36)26-5-3-2-4-6-26/h2-14,23H,15-20H2,1H3,(H,30,32). The molecule has 1 saturated heterocycles. The molecule has 0 atom stereocenters. The van der Waals surface area contributed by atoms with Crippen LogP contribution in [0.5, 0.6) is 0 Å². The number of benzene rings is 3. The lowest BCUT2D eigenvalue weighted by atomic mass is 9.89. The lowest BCUT2D eigenvalue weighted by molar-refractivity contribution is -0.127. The molecule has 4 rings (SSSR count). The number of aryl methyl sites for hydroxylation is 1. The van der Waals surface area contributed by atoms with Crippen molar-refractivity contribution in [1.82, 2.24) is 4.90 Å². The van der Waals surface area contributed by atoms with Gasteiger partial charge in [-0.3, -0.25) is 14.4 Å². The molecule has 3 aromatic rings. The van der Waals surface area contributed by atoms with Crippen LogP contribution in [0.25, 0.3) is 0 Å². The van der Waals surface area contributed by atoms with Gasteiger partial charge in [-0.1, -0.05) is 60.2 Å². The molecule has 0 spiro atoms. The first-order valence-electron chi connectivity index (χ1n) is 12.3. The van der Waals surface area contributed by atoms with Crippen molar-refractivity contribution in [1.29, 1.82) is 0 Å². The zero-order chi connectivity index (χ0) is 26.4. The molecule has 3 aromatic carbocycles. The number of carbonyl (C=O) groups is 3. The van der Waals surface area contributed by atoms with Crippen LogP contribution >= 0.6 is 0 Å². The summed E-state index contributed by atoms with van der Waals surface area (Å²) < 4.78 is 24.7. The third kappa shape index (κ3) is 6.71. The van der Waals surface area contributed by atoms with Gasteiger partial charge in [0.1, 0.15) is 0 Å². The average Bonchev–Trinajstić information content (AvgIpc) is 2.93. The molecule has 0 unspecified atom stereocenters. The van der Waals surface area contributed by atoms with Crippen molar-refractivity contribution in [3.63, 3.8) is 0 Å². The van der Waals surface area contributed by atoms with Crippen LogP contribution in [-0.4, -0.2) is 49.8 Å². The topological polar surface area (TPSA) is 101 Å². The van der Waals surface area contributed by atoms with Crippen LogP contribution in [0.4, 0.5) is 5.69 Å². The molecule has 0 saturated carbocycles. The van der Waals surface area contributed by atoms with E-state index in [1.807, 2.05) is 31.2 Å². The third-order valence-corrected chi connectivity index (χ3v) is 8.39. The highest BCUT2D eigenvalue weighted by Crippen LogP contribution is 2.29. The Bertz CT molecular complexity index is 1360. The first-order valence-corrected chi connectivity index (χ1v) is 14.0. The van der Waals surface area contributed by atoms with Gasteiger partial charge in [-0.05, 0) is 55.5 Å². The summed E-state index contributed by atoms with van der Waals surface area (Å²) in [4.78, 5) is 39.4. The Balaban J connectivity index is 1.26. The Morgan fingerprint density at radius 2 is 1.49 bits per heavy atom. The highest BCUT2D eigenvalue weighted by Gasteiger charge is 2.28. The van der Waals surface area contributed by atoms with Crippen LogP contribution in [-0.2, 0) is 19.4 Å². The summed E-state index contributed by atoms with van der Waals surface area (Å²) in [6, 6.07) is 22.6. The van der Waals surface area contributed by atoms with Gasteiger partial charge < -0.3 is 10.2 Å². The molecule has 192 valence electrons. The molecule has 0 radical (unpaired) electrons.